The Balaban J connectivity index is 0.991. The Bertz CT molecular complexity index is 1520. The average molecular weight is 557 g/mol. The summed E-state index contributed by atoms with van der Waals surface area (Å²) in [5, 5.41) is 2.80. The highest BCUT2D eigenvalue weighted by Crippen LogP contribution is 2.60. The quantitative estimate of drug-likeness (QED) is 0.400. The molecule has 3 atom stereocenters. The van der Waals surface area contributed by atoms with Gasteiger partial charge in [0.15, 0.2) is 5.78 Å². The van der Waals surface area contributed by atoms with Gasteiger partial charge >= 0.3 is 0 Å². The van der Waals surface area contributed by atoms with Gasteiger partial charge in [-0.2, -0.15) is 0 Å². The fraction of sp³-hybridized carbons (Fsp3) is 0.406. The minimum absolute atomic E-state index is 0.0426. The number of pyridine rings is 1. The molecule has 7 rings (SSSR count). The van der Waals surface area contributed by atoms with E-state index < -0.39 is 0 Å². The van der Waals surface area contributed by atoms with Crippen LogP contribution in [0.1, 0.15) is 52.7 Å². The first-order chi connectivity index (χ1) is 20.0. The summed E-state index contributed by atoms with van der Waals surface area (Å²) in [6, 6.07) is 12.5. The van der Waals surface area contributed by atoms with Crippen molar-refractivity contribution in [2.24, 2.45) is 5.92 Å². The number of carbonyl (C=O) groups excluding carboxylic acids is 2. The molecule has 0 bridgehead atoms. The number of ether oxygens (including phenoxy) is 2. The average Bonchev–Trinajstić information content (AvgIpc) is 3.50. The summed E-state index contributed by atoms with van der Waals surface area (Å²) in [4.78, 5) is 33.8. The van der Waals surface area contributed by atoms with Crippen LogP contribution in [0.25, 0.3) is 0 Å². The summed E-state index contributed by atoms with van der Waals surface area (Å²) >= 11 is 0. The highest BCUT2D eigenvalue weighted by Gasteiger charge is 2.59. The van der Waals surface area contributed by atoms with Gasteiger partial charge in [-0.25, -0.2) is 9.37 Å². The number of halogens is 1. The number of rotatable bonds is 8. The number of aromatic nitrogens is 1. The van der Waals surface area contributed by atoms with Crippen LogP contribution in [-0.2, 0) is 17.8 Å². The van der Waals surface area contributed by atoms with E-state index in [4.69, 9.17) is 9.47 Å². The molecule has 4 heterocycles. The molecule has 1 aromatic heterocycles. The first kappa shape index (κ1) is 26.1. The van der Waals surface area contributed by atoms with E-state index in [0.717, 1.165) is 49.6 Å². The molecular formula is C32H33FN4O4. The highest BCUT2D eigenvalue weighted by atomic mass is 19.1. The normalized spacial score (nSPS) is 23.2. The summed E-state index contributed by atoms with van der Waals surface area (Å²) in [6.07, 6.45) is 2.87. The molecule has 0 radical (unpaired) electrons. The van der Waals surface area contributed by atoms with Crippen molar-refractivity contribution in [3.63, 3.8) is 0 Å². The fourth-order valence-corrected chi connectivity index (χ4v) is 6.42. The topological polar surface area (TPSA) is 84.0 Å². The number of anilines is 1. The maximum Gasteiger partial charge on any atom is 0.225 e. The van der Waals surface area contributed by atoms with Crippen LogP contribution in [-0.4, -0.2) is 65.3 Å². The number of hydrogen-bond donors (Lipinski definition) is 1. The Morgan fingerprint density at radius 2 is 1.93 bits per heavy atom. The number of carbonyl (C=O) groups is 2. The van der Waals surface area contributed by atoms with Gasteiger partial charge in [-0.15, -0.1) is 0 Å². The highest BCUT2D eigenvalue weighted by molar-refractivity contribution is 5.96. The number of likely N-dealkylation sites (N-methyl/N-ethyl adjacent to an activating group) is 1. The van der Waals surface area contributed by atoms with E-state index in [1.54, 1.807) is 24.4 Å². The molecule has 3 aromatic rings. The zero-order chi connectivity index (χ0) is 28.1. The molecular weight excluding hydrogens is 523 g/mol. The standard InChI is InChI=1S/C32H33FN4O4/c1-2-36-11-13-37(14-12-36)18-20-4-3-19(15-25(20)33)26(38)17-24-30-23-16-21(5-7-27(23)41-31(24)30)40-28-9-10-34-32-22(28)6-8-29(39)35-32/h3-5,7,9-10,15-16,24,30-31H,2,6,8,11-14,17-18H2,1H3,(H,34,35,39)/t24-,30-,31+/m0/s1. The molecule has 3 aliphatic heterocycles. The summed E-state index contributed by atoms with van der Waals surface area (Å²) in [7, 11) is 0. The van der Waals surface area contributed by atoms with E-state index in [1.165, 1.54) is 6.07 Å². The molecule has 1 amide bonds. The second kappa shape index (κ2) is 10.5. The van der Waals surface area contributed by atoms with Crippen LogP contribution >= 0.6 is 0 Å². The minimum atomic E-state index is -0.314. The molecule has 0 unspecified atom stereocenters. The summed E-state index contributed by atoms with van der Waals surface area (Å²) in [5.74, 6) is 2.46. The molecule has 2 aromatic carbocycles. The van der Waals surface area contributed by atoms with Crippen LogP contribution in [0.3, 0.4) is 0 Å². The van der Waals surface area contributed by atoms with Crippen LogP contribution in [0, 0.1) is 11.7 Å². The summed E-state index contributed by atoms with van der Waals surface area (Å²) < 4.78 is 27.3. The molecule has 212 valence electrons. The van der Waals surface area contributed by atoms with Gasteiger partial charge in [0.05, 0.1) is 0 Å². The van der Waals surface area contributed by atoms with Gasteiger partial charge in [-0.1, -0.05) is 19.1 Å². The van der Waals surface area contributed by atoms with E-state index in [9.17, 15) is 14.0 Å². The van der Waals surface area contributed by atoms with E-state index in [0.29, 0.717) is 54.3 Å². The van der Waals surface area contributed by atoms with Crippen molar-refractivity contribution in [2.75, 3.05) is 38.0 Å². The zero-order valence-corrected chi connectivity index (χ0v) is 23.1. The fourth-order valence-electron chi connectivity index (χ4n) is 6.42. The number of ketones is 1. The van der Waals surface area contributed by atoms with Gasteiger partial charge in [-0.05, 0) is 43.3 Å². The lowest BCUT2D eigenvalue weighted by Crippen LogP contribution is -2.45. The number of benzene rings is 2. The Morgan fingerprint density at radius 1 is 1.10 bits per heavy atom. The van der Waals surface area contributed by atoms with E-state index in [-0.39, 0.29) is 35.4 Å². The Hall–Kier alpha value is -3.82. The maximum atomic E-state index is 15.0. The zero-order valence-electron chi connectivity index (χ0n) is 23.1. The van der Waals surface area contributed by atoms with Gasteiger partial charge in [0.1, 0.15) is 35.0 Å². The number of amides is 1. The summed E-state index contributed by atoms with van der Waals surface area (Å²) in [6.45, 7) is 7.63. The van der Waals surface area contributed by atoms with Gasteiger partial charge in [0, 0.05) is 85.9 Å². The van der Waals surface area contributed by atoms with Crippen LogP contribution in [0.4, 0.5) is 10.2 Å². The van der Waals surface area contributed by atoms with Crippen LogP contribution in [0.15, 0.2) is 48.7 Å². The van der Waals surface area contributed by atoms with Gasteiger partial charge < -0.3 is 19.7 Å². The first-order valence-electron chi connectivity index (χ1n) is 14.5. The third-order valence-electron chi connectivity index (χ3n) is 8.90. The largest absolute Gasteiger partial charge is 0.489 e. The molecule has 41 heavy (non-hydrogen) atoms. The van der Waals surface area contributed by atoms with Crippen molar-refractivity contribution in [3.05, 3.63) is 76.7 Å². The maximum absolute atomic E-state index is 15.0. The van der Waals surface area contributed by atoms with E-state index in [2.05, 4.69) is 27.0 Å². The molecule has 0 spiro atoms. The molecule has 8 nitrogen and oxygen atoms in total. The van der Waals surface area contributed by atoms with Crippen molar-refractivity contribution in [1.29, 1.82) is 0 Å². The van der Waals surface area contributed by atoms with Gasteiger partial charge in [0.25, 0.3) is 0 Å². The van der Waals surface area contributed by atoms with Crippen molar-refractivity contribution in [2.45, 2.75) is 44.8 Å². The molecule has 1 aliphatic carbocycles. The van der Waals surface area contributed by atoms with E-state index >= 15 is 0 Å². The number of nitrogens with zero attached hydrogens (tertiary/aromatic N) is 3. The molecule has 1 saturated carbocycles. The monoisotopic (exact) mass is 556 g/mol. The van der Waals surface area contributed by atoms with Crippen LogP contribution < -0.4 is 14.8 Å². The molecule has 1 N–H and O–H groups in total. The molecule has 2 fully saturated rings. The minimum Gasteiger partial charge on any atom is -0.489 e. The first-order valence-corrected chi connectivity index (χ1v) is 14.5. The predicted molar refractivity (Wildman–Crippen MR) is 151 cm³/mol. The van der Waals surface area contributed by atoms with Crippen LogP contribution in [0.5, 0.6) is 17.2 Å². The lowest BCUT2D eigenvalue weighted by Gasteiger charge is -2.34. The van der Waals surface area contributed by atoms with Gasteiger partial charge in [-0.3, -0.25) is 14.5 Å². The lowest BCUT2D eigenvalue weighted by atomic mass is 10.0. The third kappa shape index (κ3) is 5.08. The van der Waals surface area contributed by atoms with Gasteiger partial charge in [0.2, 0.25) is 5.91 Å². The smallest absolute Gasteiger partial charge is 0.225 e. The predicted octanol–water partition coefficient (Wildman–Crippen LogP) is 4.78. The number of hydrogen-bond acceptors (Lipinski definition) is 7. The van der Waals surface area contributed by atoms with Crippen molar-refractivity contribution < 1.29 is 23.5 Å². The Morgan fingerprint density at radius 3 is 2.73 bits per heavy atom. The lowest BCUT2D eigenvalue weighted by molar-refractivity contribution is -0.116. The summed E-state index contributed by atoms with van der Waals surface area (Å²) in [5.41, 5.74) is 2.97. The number of fused-ring (bicyclic) bond motifs is 4. The molecule has 9 heteroatoms. The molecule has 4 aliphatic rings. The van der Waals surface area contributed by atoms with Crippen molar-refractivity contribution >= 4 is 17.5 Å². The Labute approximate surface area is 238 Å². The number of Topliss-reactive ketones (excluding diaryl/α,β-unsaturated/α-hetero) is 1. The van der Waals surface area contributed by atoms with Crippen LogP contribution in [0.2, 0.25) is 0 Å². The van der Waals surface area contributed by atoms with E-state index in [1.807, 2.05) is 18.2 Å². The number of piperazine rings is 1. The molecule has 1 saturated heterocycles. The Kier molecular flexibility index (Phi) is 6.71. The second-order valence-corrected chi connectivity index (χ2v) is 11.4. The SMILES string of the molecule is CCN1CCN(Cc2ccc(C(=O)C[C@@H]3[C@H]4Oc5ccc(Oc6ccnc7c6CCC(=O)N7)cc5[C@@H]34)cc2F)CC1. The van der Waals surface area contributed by atoms with Crippen molar-refractivity contribution in [1.82, 2.24) is 14.8 Å². The second-order valence-electron chi connectivity index (χ2n) is 11.4. The third-order valence-corrected chi connectivity index (χ3v) is 8.90. The number of nitrogens with one attached hydrogen (secondary N) is 1. The van der Waals surface area contributed by atoms with Crippen molar-refractivity contribution in [3.8, 4) is 17.2 Å².